The van der Waals surface area contributed by atoms with Crippen LogP contribution >= 0.6 is 0 Å². The van der Waals surface area contributed by atoms with E-state index in [9.17, 15) is 14.7 Å². The molecule has 0 spiro atoms. The fourth-order valence-electron chi connectivity index (χ4n) is 1.93. The number of carbonyl (C=O) groups is 2. The summed E-state index contributed by atoms with van der Waals surface area (Å²) in [4.78, 5) is 26.5. The molecule has 0 bridgehead atoms. The Kier molecular flexibility index (Phi) is 4.08. The molecule has 2 atom stereocenters. The number of nitrogens with one attached hydrogen (secondary N) is 2. The molecule has 0 aromatic carbocycles. The Balaban J connectivity index is 1.90. The number of aromatic nitrogens is 1. The minimum absolute atomic E-state index is 0.133. The smallest absolute Gasteiger partial charge is 0.335 e. The van der Waals surface area contributed by atoms with Gasteiger partial charge in [-0.2, -0.15) is 0 Å². The molecule has 2 rings (SSSR count). The minimum Gasteiger partial charge on any atom is -0.478 e. The molecule has 7 heteroatoms. The van der Waals surface area contributed by atoms with Gasteiger partial charge in [-0.1, -0.05) is 0 Å². The average molecular weight is 265 g/mol. The number of pyridine rings is 1. The second kappa shape index (κ2) is 5.77. The molecule has 4 N–H and O–H groups in total. The van der Waals surface area contributed by atoms with Crippen LogP contribution in [0.15, 0.2) is 18.3 Å². The maximum Gasteiger partial charge on any atom is 0.335 e. The van der Waals surface area contributed by atoms with E-state index in [1.54, 1.807) is 0 Å². The third-order valence-corrected chi connectivity index (χ3v) is 2.93. The van der Waals surface area contributed by atoms with Crippen LogP contribution in [0.5, 0.6) is 0 Å². The van der Waals surface area contributed by atoms with Crippen LogP contribution in [0.25, 0.3) is 0 Å². The van der Waals surface area contributed by atoms with Crippen molar-refractivity contribution < 1.29 is 19.8 Å². The second-order valence-electron chi connectivity index (χ2n) is 4.41. The van der Waals surface area contributed by atoms with Crippen LogP contribution in [-0.4, -0.2) is 45.8 Å². The number of hydrogen-bond acceptors (Lipinski definition) is 5. The zero-order valence-corrected chi connectivity index (χ0v) is 10.2. The summed E-state index contributed by atoms with van der Waals surface area (Å²) >= 11 is 0. The molecular weight excluding hydrogens is 250 g/mol. The summed E-state index contributed by atoms with van der Waals surface area (Å²) in [6.45, 7) is 0.569. The highest BCUT2D eigenvalue weighted by molar-refractivity contribution is 5.87. The molecule has 1 aliphatic rings. The van der Waals surface area contributed by atoms with Crippen molar-refractivity contribution in [1.82, 2.24) is 15.6 Å². The van der Waals surface area contributed by atoms with Crippen LogP contribution in [0.2, 0.25) is 0 Å². The maximum atomic E-state index is 11.8. The molecule has 19 heavy (non-hydrogen) atoms. The van der Waals surface area contributed by atoms with Gasteiger partial charge < -0.3 is 20.8 Å². The van der Waals surface area contributed by atoms with Crippen molar-refractivity contribution in [1.29, 1.82) is 0 Å². The molecule has 1 aliphatic heterocycles. The molecule has 0 saturated carbocycles. The van der Waals surface area contributed by atoms with Crippen LogP contribution in [0.4, 0.5) is 0 Å². The van der Waals surface area contributed by atoms with E-state index in [4.69, 9.17) is 5.11 Å². The van der Waals surface area contributed by atoms with E-state index < -0.39 is 18.1 Å². The van der Waals surface area contributed by atoms with Gasteiger partial charge in [0.1, 0.15) is 0 Å². The summed E-state index contributed by atoms with van der Waals surface area (Å²) in [6.07, 6.45) is 1.28. The summed E-state index contributed by atoms with van der Waals surface area (Å²) in [5.41, 5.74) is 0.612. The number of β-amino-alcohol motifs (C(OH)–C–C–N with tert-alkyl or cyclic N) is 1. The number of amides is 1. The molecule has 1 aromatic heterocycles. The molecule has 7 nitrogen and oxygen atoms in total. The van der Waals surface area contributed by atoms with Crippen molar-refractivity contribution >= 4 is 11.9 Å². The van der Waals surface area contributed by atoms with Gasteiger partial charge in [-0.3, -0.25) is 9.78 Å². The monoisotopic (exact) mass is 265 g/mol. The summed E-state index contributed by atoms with van der Waals surface area (Å²) in [5, 5.41) is 23.7. The van der Waals surface area contributed by atoms with E-state index in [0.717, 1.165) is 0 Å². The van der Waals surface area contributed by atoms with Gasteiger partial charge in [-0.25, -0.2) is 4.79 Å². The van der Waals surface area contributed by atoms with E-state index in [1.165, 1.54) is 18.3 Å². The number of hydrogen-bond donors (Lipinski definition) is 4. The van der Waals surface area contributed by atoms with Crippen LogP contribution in [0.1, 0.15) is 22.5 Å². The highest BCUT2D eigenvalue weighted by Gasteiger charge is 2.27. The first-order chi connectivity index (χ1) is 9.06. The van der Waals surface area contributed by atoms with Crippen molar-refractivity contribution in [2.45, 2.75) is 25.1 Å². The van der Waals surface area contributed by atoms with Crippen molar-refractivity contribution in [2.24, 2.45) is 0 Å². The van der Waals surface area contributed by atoms with Gasteiger partial charge in [-0.05, 0) is 18.6 Å². The number of carboxylic acid groups (broad SMARTS) is 1. The molecule has 1 aromatic rings. The predicted octanol–water partition coefficient (Wildman–Crippen LogP) is -0.881. The van der Waals surface area contributed by atoms with Crippen molar-refractivity contribution in [2.75, 3.05) is 6.54 Å². The van der Waals surface area contributed by atoms with Gasteiger partial charge in [-0.15, -0.1) is 0 Å². The van der Waals surface area contributed by atoms with E-state index in [0.29, 0.717) is 18.7 Å². The lowest BCUT2D eigenvalue weighted by atomic mass is 10.2. The number of aromatic carboxylic acids is 1. The van der Waals surface area contributed by atoms with E-state index in [-0.39, 0.29) is 18.0 Å². The van der Waals surface area contributed by atoms with Crippen molar-refractivity contribution in [3.8, 4) is 0 Å². The number of aliphatic hydroxyl groups is 1. The third kappa shape index (κ3) is 3.49. The average Bonchev–Trinajstić information content (AvgIpc) is 2.83. The standard InChI is InChI=1S/C12H15N3O4/c16-9-4-10(14-6-9)11(17)15-5-8-3-7(12(18)19)1-2-13-8/h1-3,9-10,14,16H,4-6H2,(H,15,17)(H,18,19). The molecular formula is C12H15N3O4. The molecule has 102 valence electrons. The van der Waals surface area contributed by atoms with Crippen LogP contribution in [-0.2, 0) is 11.3 Å². The normalized spacial score (nSPS) is 22.2. The van der Waals surface area contributed by atoms with Gasteiger partial charge >= 0.3 is 5.97 Å². The zero-order chi connectivity index (χ0) is 13.8. The number of rotatable bonds is 4. The highest BCUT2D eigenvalue weighted by Crippen LogP contribution is 2.07. The zero-order valence-electron chi connectivity index (χ0n) is 10.2. The van der Waals surface area contributed by atoms with Gasteiger partial charge in [0.25, 0.3) is 0 Å². The summed E-state index contributed by atoms with van der Waals surface area (Å²) in [5.74, 6) is -1.25. The molecule has 0 aliphatic carbocycles. The maximum absolute atomic E-state index is 11.8. The highest BCUT2D eigenvalue weighted by atomic mass is 16.4. The van der Waals surface area contributed by atoms with Gasteiger partial charge in [0.15, 0.2) is 0 Å². The number of carboxylic acids is 1. The molecule has 2 heterocycles. The Morgan fingerprint density at radius 3 is 2.95 bits per heavy atom. The molecule has 1 fully saturated rings. The molecule has 2 unspecified atom stereocenters. The minimum atomic E-state index is -1.03. The second-order valence-corrected chi connectivity index (χ2v) is 4.41. The first-order valence-corrected chi connectivity index (χ1v) is 5.93. The van der Waals surface area contributed by atoms with E-state index in [2.05, 4.69) is 15.6 Å². The Bertz CT molecular complexity index is 492. The van der Waals surface area contributed by atoms with Crippen LogP contribution in [0, 0.1) is 0 Å². The molecule has 1 saturated heterocycles. The topological polar surface area (TPSA) is 112 Å². The summed E-state index contributed by atoms with van der Waals surface area (Å²) < 4.78 is 0. The third-order valence-electron chi connectivity index (χ3n) is 2.93. The van der Waals surface area contributed by atoms with Gasteiger partial charge in [0, 0.05) is 12.7 Å². The van der Waals surface area contributed by atoms with E-state index in [1.807, 2.05) is 0 Å². The summed E-state index contributed by atoms with van der Waals surface area (Å²) in [6, 6.07) is 2.40. The lowest BCUT2D eigenvalue weighted by Crippen LogP contribution is -2.40. The predicted molar refractivity (Wildman–Crippen MR) is 65.5 cm³/mol. The lowest BCUT2D eigenvalue weighted by Gasteiger charge is -2.10. The number of carbonyl (C=O) groups excluding carboxylic acids is 1. The van der Waals surface area contributed by atoms with E-state index >= 15 is 0 Å². The summed E-state index contributed by atoms with van der Waals surface area (Å²) in [7, 11) is 0. The van der Waals surface area contributed by atoms with Crippen LogP contribution < -0.4 is 10.6 Å². The first-order valence-electron chi connectivity index (χ1n) is 5.93. The Labute approximate surface area is 109 Å². The van der Waals surface area contributed by atoms with Crippen molar-refractivity contribution in [3.63, 3.8) is 0 Å². The number of nitrogens with zero attached hydrogens (tertiary/aromatic N) is 1. The van der Waals surface area contributed by atoms with Gasteiger partial charge in [0.05, 0.1) is 29.9 Å². The Morgan fingerprint density at radius 2 is 2.32 bits per heavy atom. The first kappa shape index (κ1) is 13.4. The lowest BCUT2D eigenvalue weighted by molar-refractivity contribution is -0.123. The molecule has 0 radical (unpaired) electrons. The largest absolute Gasteiger partial charge is 0.478 e. The Morgan fingerprint density at radius 1 is 1.53 bits per heavy atom. The quantitative estimate of drug-likeness (QED) is 0.562. The Hall–Kier alpha value is -1.99. The van der Waals surface area contributed by atoms with Crippen LogP contribution in [0.3, 0.4) is 0 Å². The fourth-order valence-corrected chi connectivity index (χ4v) is 1.93. The fraction of sp³-hybridized carbons (Fsp3) is 0.417. The SMILES string of the molecule is O=C(O)c1ccnc(CNC(=O)C2CC(O)CN2)c1. The molecule has 1 amide bonds. The number of aliphatic hydroxyl groups excluding tert-OH is 1. The van der Waals surface area contributed by atoms with Crippen molar-refractivity contribution in [3.05, 3.63) is 29.6 Å². The van der Waals surface area contributed by atoms with Gasteiger partial charge in [0.2, 0.25) is 5.91 Å².